The fourth-order valence-electron chi connectivity index (χ4n) is 0.581. The Hall–Kier alpha value is -0.770. The largest absolute Gasteiger partial charge is 0.506 e. The summed E-state index contributed by atoms with van der Waals surface area (Å²) in [5.41, 5.74) is -0.558. The van der Waals surface area contributed by atoms with Crippen molar-refractivity contribution in [3.8, 4) is 5.75 Å². The minimum Gasteiger partial charge on any atom is -0.506 e. The van der Waals surface area contributed by atoms with E-state index in [2.05, 4.69) is 20.3 Å². The van der Waals surface area contributed by atoms with Gasteiger partial charge in [-0.3, -0.25) is 0 Å². The first-order valence-electron chi connectivity index (χ1n) is 2.60. The molecular weight excluding hydrogens is 200 g/mol. The van der Waals surface area contributed by atoms with E-state index in [9.17, 15) is 4.79 Å². The molecule has 1 aromatic heterocycles. The van der Waals surface area contributed by atoms with Crippen molar-refractivity contribution in [3.63, 3.8) is 0 Å². The highest BCUT2D eigenvalue weighted by atomic mass is 79.9. The van der Waals surface area contributed by atoms with E-state index in [-0.39, 0.29) is 10.2 Å². The summed E-state index contributed by atoms with van der Waals surface area (Å²) in [7, 11) is 0. The van der Waals surface area contributed by atoms with Gasteiger partial charge in [0.1, 0.15) is 16.0 Å². The molecule has 0 aliphatic rings. The summed E-state index contributed by atoms with van der Waals surface area (Å²) in [6.07, 6.45) is 0. The minimum atomic E-state index is -0.558. The zero-order chi connectivity index (χ0) is 7.72. The van der Waals surface area contributed by atoms with Gasteiger partial charge in [-0.1, -0.05) is 0 Å². The van der Waals surface area contributed by atoms with Gasteiger partial charge in [-0.05, 0) is 22.9 Å². The molecule has 0 saturated carbocycles. The molecule has 0 spiro atoms. The molecule has 0 radical (unpaired) electrons. The molecule has 1 heterocycles. The third-order valence-electron chi connectivity index (χ3n) is 0.998. The molecule has 0 unspecified atom stereocenters. The maximum absolute atomic E-state index is 10.7. The van der Waals surface area contributed by atoms with E-state index < -0.39 is 5.63 Å². The van der Waals surface area contributed by atoms with Crippen LogP contribution in [0.15, 0.2) is 19.8 Å². The Bertz CT molecular complexity index is 302. The molecule has 54 valence electrons. The number of halogens is 1. The third-order valence-corrected chi connectivity index (χ3v) is 1.73. The Morgan fingerprint density at radius 2 is 2.30 bits per heavy atom. The lowest BCUT2D eigenvalue weighted by atomic mass is 10.4. The summed E-state index contributed by atoms with van der Waals surface area (Å²) >= 11 is 2.86. The average molecular weight is 205 g/mol. The van der Waals surface area contributed by atoms with Gasteiger partial charge in [-0.25, -0.2) is 4.79 Å². The smallest absolute Gasteiger partial charge is 0.354 e. The van der Waals surface area contributed by atoms with Crippen LogP contribution < -0.4 is 5.63 Å². The second-order valence-corrected chi connectivity index (χ2v) is 2.64. The van der Waals surface area contributed by atoms with Crippen LogP contribution in [0.3, 0.4) is 0 Å². The zero-order valence-electron chi connectivity index (χ0n) is 5.22. The van der Waals surface area contributed by atoms with Gasteiger partial charge in [0.2, 0.25) is 0 Å². The Morgan fingerprint density at radius 3 is 2.80 bits per heavy atom. The molecule has 1 N–H and O–H groups in total. The van der Waals surface area contributed by atoms with Gasteiger partial charge in [-0.2, -0.15) is 0 Å². The van der Waals surface area contributed by atoms with Crippen LogP contribution in [0.4, 0.5) is 0 Å². The number of hydrogen-bond acceptors (Lipinski definition) is 3. The van der Waals surface area contributed by atoms with E-state index >= 15 is 0 Å². The summed E-state index contributed by atoms with van der Waals surface area (Å²) in [5.74, 6) is 0.305. The highest BCUT2D eigenvalue weighted by Crippen LogP contribution is 2.19. The maximum Gasteiger partial charge on any atom is 0.354 e. The summed E-state index contributed by atoms with van der Waals surface area (Å²) in [5, 5.41) is 8.97. The Balaban J connectivity index is 3.46. The van der Waals surface area contributed by atoms with Crippen molar-refractivity contribution in [2.45, 2.75) is 6.92 Å². The minimum absolute atomic E-state index is 0.0677. The predicted octanol–water partition coefficient (Wildman–Crippen LogP) is 1.42. The highest BCUT2D eigenvalue weighted by Gasteiger charge is 2.03. The van der Waals surface area contributed by atoms with Crippen LogP contribution >= 0.6 is 15.9 Å². The summed E-state index contributed by atoms with van der Waals surface area (Å²) < 4.78 is 4.69. The normalized spacial score (nSPS) is 9.80. The van der Waals surface area contributed by atoms with Crippen molar-refractivity contribution < 1.29 is 9.52 Å². The molecular formula is C6H5BrO3. The molecule has 4 heteroatoms. The van der Waals surface area contributed by atoms with Gasteiger partial charge in [0.15, 0.2) is 0 Å². The van der Waals surface area contributed by atoms with Crippen molar-refractivity contribution in [2.24, 2.45) is 0 Å². The second kappa shape index (κ2) is 2.46. The Kier molecular flexibility index (Phi) is 1.80. The van der Waals surface area contributed by atoms with Crippen LogP contribution in [0.2, 0.25) is 0 Å². The van der Waals surface area contributed by atoms with Crippen molar-refractivity contribution >= 4 is 15.9 Å². The van der Waals surface area contributed by atoms with Crippen LogP contribution in [0.25, 0.3) is 0 Å². The molecule has 3 nitrogen and oxygen atoms in total. The first-order valence-corrected chi connectivity index (χ1v) is 3.40. The lowest BCUT2D eigenvalue weighted by molar-refractivity contribution is 0.428. The van der Waals surface area contributed by atoms with Gasteiger partial charge in [0.05, 0.1) is 0 Å². The lowest BCUT2D eigenvalue weighted by Gasteiger charge is -1.94. The maximum atomic E-state index is 10.7. The third kappa shape index (κ3) is 1.21. The molecule has 1 aromatic rings. The van der Waals surface area contributed by atoms with Gasteiger partial charge in [0, 0.05) is 6.07 Å². The molecule has 0 fully saturated rings. The number of aryl methyl sites for hydroxylation is 1. The van der Waals surface area contributed by atoms with Crippen LogP contribution in [-0.2, 0) is 0 Å². The molecule has 0 saturated heterocycles. The van der Waals surface area contributed by atoms with Crippen LogP contribution in [0.1, 0.15) is 5.76 Å². The van der Waals surface area contributed by atoms with Crippen LogP contribution in [0.5, 0.6) is 5.75 Å². The van der Waals surface area contributed by atoms with Gasteiger partial charge >= 0.3 is 5.63 Å². The molecule has 0 amide bonds. The molecule has 0 bridgehead atoms. The van der Waals surface area contributed by atoms with Crippen LogP contribution in [-0.4, -0.2) is 5.11 Å². The average Bonchev–Trinajstić information content (AvgIpc) is 1.82. The van der Waals surface area contributed by atoms with E-state index in [1.54, 1.807) is 6.92 Å². The fourth-order valence-corrected chi connectivity index (χ4v) is 0.776. The summed E-state index contributed by atoms with van der Waals surface area (Å²) in [6.45, 7) is 1.59. The lowest BCUT2D eigenvalue weighted by Crippen LogP contribution is -1.99. The van der Waals surface area contributed by atoms with Crippen molar-refractivity contribution in [1.82, 2.24) is 0 Å². The standard InChI is InChI=1S/C6H5BrO3/c1-3-2-4(8)5(7)6(9)10-3/h2,8H,1H3. The topological polar surface area (TPSA) is 50.4 Å². The van der Waals surface area contributed by atoms with Gasteiger partial charge in [0.25, 0.3) is 0 Å². The molecule has 10 heavy (non-hydrogen) atoms. The van der Waals surface area contributed by atoms with E-state index in [0.717, 1.165) is 0 Å². The number of hydrogen-bond donors (Lipinski definition) is 1. The first kappa shape index (κ1) is 7.34. The van der Waals surface area contributed by atoms with Crippen LogP contribution in [0, 0.1) is 6.92 Å². The van der Waals surface area contributed by atoms with E-state index in [4.69, 9.17) is 5.11 Å². The second-order valence-electron chi connectivity index (χ2n) is 1.84. The van der Waals surface area contributed by atoms with Crippen molar-refractivity contribution in [3.05, 3.63) is 26.7 Å². The number of rotatable bonds is 0. The monoisotopic (exact) mass is 204 g/mol. The first-order chi connectivity index (χ1) is 4.61. The molecule has 1 rings (SSSR count). The Morgan fingerprint density at radius 1 is 1.70 bits per heavy atom. The van der Waals surface area contributed by atoms with Crippen molar-refractivity contribution in [2.75, 3.05) is 0 Å². The molecule has 0 aliphatic heterocycles. The predicted molar refractivity (Wildman–Crippen MR) is 39.1 cm³/mol. The van der Waals surface area contributed by atoms with E-state index in [1.807, 2.05) is 0 Å². The molecule has 0 aliphatic carbocycles. The SMILES string of the molecule is Cc1cc(O)c(Br)c(=O)o1. The zero-order valence-corrected chi connectivity index (χ0v) is 6.81. The summed E-state index contributed by atoms with van der Waals surface area (Å²) in [6, 6.07) is 1.37. The van der Waals surface area contributed by atoms with E-state index in [0.29, 0.717) is 5.76 Å². The van der Waals surface area contributed by atoms with E-state index in [1.165, 1.54) is 6.07 Å². The van der Waals surface area contributed by atoms with Gasteiger partial charge < -0.3 is 9.52 Å². The molecule has 0 atom stereocenters. The summed E-state index contributed by atoms with van der Waals surface area (Å²) in [4.78, 5) is 10.7. The van der Waals surface area contributed by atoms with Crippen molar-refractivity contribution in [1.29, 1.82) is 0 Å². The Labute approximate surface area is 65.4 Å². The van der Waals surface area contributed by atoms with Gasteiger partial charge in [-0.15, -0.1) is 0 Å². The highest BCUT2D eigenvalue weighted by molar-refractivity contribution is 9.10. The molecule has 0 aromatic carbocycles. The number of aromatic hydroxyl groups is 1. The fraction of sp³-hybridized carbons (Fsp3) is 0.167. The quantitative estimate of drug-likeness (QED) is 0.696.